The van der Waals surface area contributed by atoms with Crippen molar-refractivity contribution in [3.05, 3.63) is 11.8 Å². The van der Waals surface area contributed by atoms with Crippen molar-refractivity contribution in [3.63, 3.8) is 0 Å². The molecule has 0 aromatic rings. The molecule has 0 radical (unpaired) electrons. The van der Waals surface area contributed by atoms with Gasteiger partial charge in [0, 0.05) is 19.8 Å². The molecule has 0 saturated heterocycles. The molecule has 0 N–H and O–H groups in total. The van der Waals surface area contributed by atoms with Gasteiger partial charge in [-0.05, 0) is 24.8 Å². The predicted octanol–water partition coefficient (Wildman–Crippen LogP) is 1.04. The smallest absolute Gasteiger partial charge is 0.144 e. The maximum absolute atomic E-state index is 10.1. The van der Waals surface area contributed by atoms with E-state index in [0.717, 1.165) is 6.29 Å². The first kappa shape index (κ1) is 7.32. The molecule has 2 heteroatoms. The number of rotatable bonds is 3. The zero-order valence-electron chi connectivity index (χ0n) is 6.50. The van der Waals surface area contributed by atoms with Crippen LogP contribution in [0.4, 0.5) is 0 Å². The summed E-state index contributed by atoms with van der Waals surface area (Å²) in [5.41, 5.74) is 1.18. The fourth-order valence-electron chi connectivity index (χ4n) is 1.10. The van der Waals surface area contributed by atoms with E-state index in [1.165, 1.54) is 18.5 Å². The highest BCUT2D eigenvalue weighted by atomic mass is 16.1. The monoisotopic (exact) mass is 139 g/mol. The van der Waals surface area contributed by atoms with E-state index < -0.39 is 0 Å². The van der Waals surface area contributed by atoms with Gasteiger partial charge in [-0.1, -0.05) is 0 Å². The van der Waals surface area contributed by atoms with E-state index in [4.69, 9.17) is 0 Å². The minimum Gasteiger partial charge on any atom is -0.381 e. The van der Waals surface area contributed by atoms with Crippen LogP contribution in [0.15, 0.2) is 11.8 Å². The van der Waals surface area contributed by atoms with Gasteiger partial charge in [0.15, 0.2) is 0 Å². The number of carbonyl (C=O) groups is 1. The molecule has 2 nitrogen and oxygen atoms in total. The Hall–Kier alpha value is -0.790. The fourth-order valence-corrected chi connectivity index (χ4v) is 1.10. The molecule has 0 spiro atoms. The summed E-state index contributed by atoms with van der Waals surface area (Å²) in [6.45, 7) is 0. The van der Waals surface area contributed by atoms with Gasteiger partial charge in [-0.2, -0.15) is 0 Å². The molecule has 1 aliphatic rings. The standard InChI is InChI=1S/C8H13NO/c1-9(2)8(5-6-10)7-3-4-7/h5-7H,3-4H2,1-2H3/b8-5+. The van der Waals surface area contributed by atoms with Crippen LogP contribution in [0, 0.1) is 5.92 Å². The second kappa shape index (κ2) is 2.86. The first-order chi connectivity index (χ1) is 4.75. The quantitative estimate of drug-likeness (QED) is 0.430. The van der Waals surface area contributed by atoms with E-state index in [-0.39, 0.29) is 0 Å². The van der Waals surface area contributed by atoms with Crippen LogP contribution in [0.3, 0.4) is 0 Å². The minimum absolute atomic E-state index is 0.667. The zero-order valence-corrected chi connectivity index (χ0v) is 6.50. The molecule has 0 aromatic heterocycles. The van der Waals surface area contributed by atoms with Gasteiger partial charge in [-0.15, -0.1) is 0 Å². The third kappa shape index (κ3) is 1.59. The second-order valence-electron chi connectivity index (χ2n) is 2.90. The van der Waals surface area contributed by atoms with Crippen molar-refractivity contribution in [3.8, 4) is 0 Å². The lowest BCUT2D eigenvalue weighted by Crippen LogP contribution is -2.12. The maximum Gasteiger partial charge on any atom is 0.144 e. The van der Waals surface area contributed by atoms with Crippen LogP contribution >= 0.6 is 0 Å². The van der Waals surface area contributed by atoms with Crippen LogP contribution in [0.2, 0.25) is 0 Å². The van der Waals surface area contributed by atoms with Crippen molar-refractivity contribution in [2.45, 2.75) is 12.8 Å². The molecule has 0 amide bonds. The molecule has 0 heterocycles. The summed E-state index contributed by atoms with van der Waals surface area (Å²) in [6, 6.07) is 0. The van der Waals surface area contributed by atoms with Gasteiger partial charge >= 0.3 is 0 Å². The lowest BCUT2D eigenvalue weighted by molar-refractivity contribution is -0.104. The Morgan fingerprint density at radius 1 is 1.50 bits per heavy atom. The number of hydrogen-bond acceptors (Lipinski definition) is 2. The van der Waals surface area contributed by atoms with Crippen molar-refractivity contribution >= 4 is 6.29 Å². The Balaban J connectivity index is 2.57. The summed E-state index contributed by atoms with van der Waals surface area (Å²) in [4.78, 5) is 12.2. The van der Waals surface area contributed by atoms with Crippen molar-refractivity contribution in [2.24, 2.45) is 5.92 Å². The average molecular weight is 139 g/mol. The third-order valence-corrected chi connectivity index (χ3v) is 1.75. The molecular weight excluding hydrogens is 126 g/mol. The van der Waals surface area contributed by atoms with E-state index >= 15 is 0 Å². The molecule has 1 aliphatic carbocycles. The molecule has 1 fully saturated rings. The van der Waals surface area contributed by atoms with Crippen LogP contribution in [0.5, 0.6) is 0 Å². The number of carbonyl (C=O) groups excluding carboxylic acids is 1. The van der Waals surface area contributed by atoms with Crippen LogP contribution in [0.25, 0.3) is 0 Å². The Bertz CT molecular complexity index is 153. The van der Waals surface area contributed by atoms with Crippen LogP contribution < -0.4 is 0 Å². The van der Waals surface area contributed by atoms with E-state index in [1.54, 1.807) is 6.08 Å². The number of aldehydes is 1. The van der Waals surface area contributed by atoms with Gasteiger partial charge in [-0.3, -0.25) is 4.79 Å². The molecule has 1 rings (SSSR count). The van der Waals surface area contributed by atoms with Crippen molar-refractivity contribution in [1.82, 2.24) is 4.90 Å². The Labute approximate surface area is 61.5 Å². The molecule has 10 heavy (non-hydrogen) atoms. The summed E-state index contributed by atoms with van der Waals surface area (Å²) in [7, 11) is 3.96. The second-order valence-corrected chi connectivity index (χ2v) is 2.90. The predicted molar refractivity (Wildman–Crippen MR) is 40.6 cm³/mol. The fraction of sp³-hybridized carbons (Fsp3) is 0.625. The molecule has 56 valence electrons. The Kier molecular flexibility index (Phi) is 2.10. The molecule has 0 bridgehead atoms. The largest absolute Gasteiger partial charge is 0.381 e. The van der Waals surface area contributed by atoms with Gasteiger partial charge < -0.3 is 4.90 Å². The van der Waals surface area contributed by atoms with Gasteiger partial charge in [0.25, 0.3) is 0 Å². The highest BCUT2D eigenvalue weighted by molar-refractivity contribution is 5.66. The first-order valence-corrected chi connectivity index (χ1v) is 3.58. The first-order valence-electron chi connectivity index (χ1n) is 3.58. The molecule has 0 unspecified atom stereocenters. The lowest BCUT2D eigenvalue weighted by atomic mass is 10.2. The number of nitrogens with zero attached hydrogens (tertiary/aromatic N) is 1. The summed E-state index contributed by atoms with van der Waals surface area (Å²) in [5, 5.41) is 0. The Morgan fingerprint density at radius 2 is 2.10 bits per heavy atom. The van der Waals surface area contributed by atoms with Gasteiger partial charge in [-0.25, -0.2) is 0 Å². The van der Waals surface area contributed by atoms with E-state index in [2.05, 4.69) is 0 Å². The third-order valence-electron chi connectivity index (χ3n) is 1.75. The summed E-state index contributed by atoms with van der Waals surface area (Å²) in [6.07, 6.45) is 5.03. The molecule has 1 saturated carbocycles. The van der Waals surface area contributed by atoms with Crippen molar-refractivity contribution in [2.75, 3.05) is 14.1 Å². The van der Waals surface area contributed by atoms with Crippen molar-refractivity contribution < 1.29 is 4.79 Å². The SMILES string of the molecule is CN(C)/C(=C/C=O)C1CC1. The zero-order chi connectivity index (χ0) is 7.56. The normalized spacial score (nSPS) is 18.8. The van der Waals surface area contributed by atoms with E-state index in [9.17, 15) is 4.79 Å². The Morgan fingerprint density at radius 3 is 2.40 bits per heavy atom. The molecule has 0 aliphatic heterocycles. The number of allylic oxidation sites excluding steroid dienone is 2. The van der Waals surface area contributed by atoms with Gasteiger partial charge in [0.2, 0.25) is 0 Å². The van der Waals surface area contributed by atoms with E-state index in [0.29, 0.717) is 5.92 Å². The van der Waals surface area contributed by atoms with Gasteiger partial charge in [0.1, 0.15) is 6.29 Å². The molecule has 0 atom stereocenters. The lowest BCUT2D eigenvalue weighted by Gasteiger charge is -2.15. The summed E-state index contributed by atoms with van der Waals surface area (Å²) < 4.78 is 0. The topological polar surface area (TPSA) is 20.3 Å². The highest BCUT2D eigenvalue weighted by Crippen LogP contribution is 2.36. The molecular formula is C8H13NO. The maximum atomic E-state index is 10.1. The van der Waals surface area contributed by atoms with Crippen LogP contribution in [-0.2, 0) is 4.79 Å². The summed E-state index contributed by atoms with van der Waals surface area (Å²) >= 11 is 0. The number of hydrogen-bond donors (Lipinski definition) is 0. The minimum atomic E-state index is 0.667. The summed E-state index contributed by atoms with van der Waals surface area (Å²) in [5.74, 6) is 0.667. The van der Waals surface area contributed by atoms with Gasteiger partial charge in [0.05, 0.1) is 0 Å². The average Bonchev–Trinajstić information content (AvgIpc) is 2.63. The molecule has 0 aromatic carbocycles. The van der Waals surface area contributed by atoms with Crippen LogP contribution in [-0.4, -0.2) is 25.3 Å². The highest BCUT2D eigenvalue weighted by Gasteiger charge is 2.26. The van der Waals surface area contributed by atoms with Crippen molar-refractivity contribution in [1.29, 1.82) is 0 Å². The van der Waals surface area contributed by atoms with E-state index in [1.807, 2.05) is 19.0 Å². The van der Waals surface area contributed by atoms with Crippen LogP contribution in [0.1, 0.15) is 12.8 Å².